The third-order valence-electron chi connectivity index (χ3n) is 4.50. The SMILES string of the molecule is CC(Cc1ccccc1)N1CCCC(NC2CC2)C1. The Kier molecular flexibility index (Phi) is 4.19. The summed E-state index contributed by atoms with van der Waals surface area (Å²) < 4.78 is 0. The Hall–Kier alpha value is -0.860. The molecule has 2 fully saturated rings. The average molecular weight is 258 g/mol. The van der Waals surface area contributed by atoms with Crippen molar-refractivity contribution in [3.8, 4) is 0 Å². The van der Waals surface area contributed by atoms with Crippen LogP contribution in [0.3, 0.4) is 0 Å². The Morgan fingerprint density at radius 1 is 1.16 bits per heavy atom. The number of piperidine rings is 1. The Morgan fingerprint density at radius 2 is 1.95 bits per heavy atom. The van der Waals surface area contributed by atoms with Crippen LogP contribution in [-0.4, -0.2) is 36.1 Å². The smallest absolute Gasteiger partial charge is 0.0198 e. The summed E-state index contributed by atoms with van der Waals surface area (Å²) in [6, 6.07) is 13.1. The van der Waals surface area contributed by atoms with E-state index < -0.39 is 0 Å². The second-order valence-corrected chi connectivity index (χ2v) is 6.31. The molecule has 1 aliphatic carbocycles. The van der Waals surface area contributed by atoms with Crippen LogP contribution in [0, 0.1) is 0 Å². The summed E-state index contributed by atoms with van der Waals surface area (Å²) in [7, 11) is 0. The largest absolute Gasteiger partial charge is 0.310 e. The minimum absolute atomic E-state index is 0.659. The average Bonchev–Trinajstić information content (AvgIpc) is 3.24. The molecule has 0 amide bonds. The van der Waals surface area contributed by atoms with E-state index in [0.717, 1.165) is 12.1 Å². The molecule has 2 heteroatoms. The van der Waals surface area contributed by atoms with E-state index in [1.807, 2.05) is 0 Å². The summed E-state index contributed by atoms with van der Waals surface area (Å²) >= 11 is 0. The molecule has 1 aliphatic heterocycles. The van der Waals surface area contributed by atoms with Crippen molar-refractivity contribution in [3.63, 3.8) is 0 Å². The lowest BCUT2D eigenvalue weighted by molar-refractivity contribution is 0.144. The Morgan fingerprint density at radius 3 is 2.68 bits per heavy atom. The van der Waals surface area contributed by atoms with Gasteiger partial charge < -0.3 is 5.32 Å². The first-order valence-electron chi connectivity index (χ1n) is 7.85. The number of hydrogen-bond acceptors (Lipinski definition) is 2. The number of nitrogens with one attached hydrogen (secondary N) is 1. The van der Waals surface area contributed by atoms with Crippen molar-refractivity contribution in [1.82, 2.24) is 10.2 Å². The zero-order valence-electron chi connectivity index (χ0n) is 12.0. The minimum atomic E-state index is 0.659. The van der Waals surface area contributed by atoms with Crippen molar-refractivity contribution in [1.29, 1.82) is 0 Å². The molecule has 2 atom stereocenters. The zero-order valence-corrected chi connectivity index (χ0v) is 12.0. The highest BCUT2D eigenvalue weighted by Gasteiger charge is 2.28. The summed E-state index contributed by atoms with van der Waals surface area (Å²) in [4.78, 5) is 2.68. The van der Waals surface area contributed by atoms with Crippen LogP contribution in [0.1, 0.15) is 38.2 Å². The third-order valence-corrected chi connectivity index (χ3v) is 4.50. The molecule has 2 aliphatic rings. The van der Waals surface area contributed by atoms with E-state index in [2.05, 4.69) is 47.5 Å². The lowest BCUT2D eigenvalue weighted by atomic mass is 10.0. The number of likely N-dealkylation sites (tertiary alicyclic amines) is 1. The molecule has 0 bridgehead atoms. The lowest BCUT2D eigenvalue weighted by Crippen LogP contribution is -2.49. The normalized spacial score (nSPS) is 26.3. The highest BCUT2D eigenvalue weighted by Crippen LogP contribution is 2.23. The standard InChI is InChI=1S/C17H26N2/c1-14(12-15-6-3-2-4-7-15)19-11-5-8-17(13-19)18-16-9-10-16/h2-4,6-7,14,16-18H,5,8-13H2,1H3. The van der Waals surface area contributed by atoms with Gasteiger partial charge in [0.05, 0.1) is 0 Å². The van der Waals surface area contributed by atoms with Gasteiger partial charge in [0, 0.05) is 24.7 Å². The van der Waals surface area contributed by atoms with Gasteiger partial charge in [-0.3, -0.25) is 4.90 Å². The van der Waals surface area contributed by atoms with E-state index in [0.29, 0.717) is 6.04 Å². The maximum Gasteiger partial charge on any atom is 0.0198 e. The van der Waals surface area contributed by atoms with Gasteiger partial charge in [0.25, 0.3) is 0 Å². The summed E-state index contributed by atoms with van der Waals surface area (Å²) in [5, 5.41) is 3.80. The van der Waals surface area contributed by atoms with Gasteiger partial charge in [-0.2, -0.15) is 0 Å². The van der Waals surface area contributed by atoms with Crippen molar-refractivity contribution in [2.24, 2.45) is 0 Å². The number of nitrogens with zero attached hydrogens (tertiary/aromatic N) is 1. The van der Waals surface area contributed by atoms with Gasteiger partial charge in [0.2, 0.25) is 0 Å². The molecule has 2 nitrogen and oxygen atoms in total. The van der Waals surface area contributed by atoms with Gasteiger partial charge >= 0.3 is 0 Å². The molecule has 3 rings (SSSR count). The van der Waals surface area contributed by atoms with Crippen LogP contribution < -0.4 is 5.32 Å². The predicted octanol–water partition coefficient (Wildman–Crippen LogP) is 2.83. The summed E-state index contributed by atoms with van der Waals surface area (Å²) in [5.41, 5.74) is 1.47. The van der Waals surface area contributed by atoms with Crippen molar-refractivity contribution in [2.45, 2.75) is 57.2 Å². The van der Waals surface area contributed by atoms with Crippen molar-refractivity contribution in [3.05, 3.63) is 35.9 Å². The van der Waals surface area contributed by atoms with E-state index in [-0.39, 0.29) is 0 Å². The van der Waals surface area contributed by atoms with Crippen molar-refractivity contribution in [2.75, 3.05) is 13.1 Å². The van der Waals surface area contributed by atoms with Crippen LogP contribution in [-0.2, 0) is 6.42 Å². The Balaban J connectivity index is 1.52. The van der Waals surface area contributed by atoms with Gasteiger partial charge in [-0.25, -0.2) is 0 Å². The second-order valence-electron chi connectivity index (χ2n) is 6.31. The summed E-state index contributed by atoms with van der Waals surface area (Å²) in [5.74, 6) is 0. The molecular formula is C17H26N2. The molecule has 19 heavy (non-hydrogen) atoms. The van der Waals surface area contributed by atoms with Crippen LogP contribution in [0.15, 0.2) is 30.3 Å². The molecule has 104 valence electrons. The molecule has 1 aromatic rings. The monoisotopic (exact) mass is 258 g/mol. The molecule has 1 aromatic carbocycles. The first kappa shape index (κ1) is 13.1. The number of hydrogen-bond donors (Lipinski definition) is 1. The van der Waals surface area contributed by atoms with Crippen molar-refractivity contribution >= 4 is 0 Å². The Labute approximate surface area is 117 Å². The van der Waals surface area contributed by atoms with Gasteiger partial charge in [-0.1, -0.05) is 30.3 Å². The topological polar surface area (TPSA) is 15.3 Å². The molecule has 0 radical (unpaired) electrons. The molecule has 1 heterocycles. The predicted molar refractivity (Wildman–Crippen MR) is 80.4 cm³/mol. The molecule has 1 N–H and O–H groups in total. The van der Waals surface area contributed by atoms with Gasteiger partial charge in [0.15, 0.2) is 0 Å². The summed E-state index contributed by atoms with van der Waals surface area (Å²) in [6.07, 6.45) is 6.69. The van der Waals surface area contributed by atoms with Crippen molar-refractivity contribution < 1.29 is 0 Å². The second kappa shape index (κ2) is 6.06. The van der Waals surface area contributed by atoms with Crippen LogP contribution in [0.2, 0.25) is 0 Å². The first-order chi connectivity index (χ1) is 9.31. The molecule has 2 unspecified atom stereocenters. The maximum atomic E-state index is 3.80. The highest BCUT2D eigenvalue weighted by atomic mass is 15.2. The number of benzene rings is 1. The van der Waals surface area contributed by atoms with Crippen LogP contribution in [0.5, 0.6) is 0 Å². The van der Waals surface area contributed by atoms with E-state index in [4.69, 9.17) is 0 Å². The molecule has 0 aromatic heterocycles. The minimum Gasteiger partial charge on any atom is -0.310 e. The molecule has 1 saturated heterocycles. The van der Waals surface area contributed by atoms with E-state index in [9.17, 15) is 0 Å². The quantitative estimate of drug-likeness (QED) is 0.873. The van der Waals surface area contributed by atoms with Crippen LogP contribution in [0.25, 0.3) is 0 Å². The molecular weight excluding hydrogens is 232 g/mol. The highest BCUT2D eigenvalue weighted by molar-refractivity contribution is 5.15. The van der Waals surface area contributed by atoms with E-state index >= 15 is 0 Å². The lowest BCUT2D eigenvalue weighted by Gasteiger charge is -2.37. The molecule has 0 spiro atoms. The molecule has 1 saturated carbocycles. The first-order valence-corrected chi connectivity index (χ1v) is 7.85. The Bertz CT molecular complexity index is 386. The summed E-state index contributed by atoms with van der Waals surface area (Å²) in [6.45, 7) is 4.90. The van der Waals surface area contributed by atoms with Gasteiger partial charge in [0.1, 0.15) is 0 Å². The van der Waals surface area contributed by atoms with E-state index in [1.54, 1.807) is 0 Å². The van der Waals surface area contributed by atoms with Crippen LogP contribution >= 0.6 is 0 Å². The fraction of sp³-hybridized carbons (Fsp3) is 0.647. The van der Waals surface area contributed by atoms with Gasteiger partial charge in [-0.05, 0) is 51.1 Å². The van der Waals surface area contributed by atoms with Crippen LogP contribution in [0.4, 0.5) is 0 Å². The fourth-order valence-electron chi connectivity index (χ4n) is 3.21. The number of rotatable bonds is 5. The third kappa shape index (κ3) is 3.80. The fourth-order valence-corrected chi connectivity index (χ4v) is 3.21. The maximum absolute atomic E-state index is 3.80. The van der Waals surface area contributed by atoms with Gasteiger partial charge in [-0.15, -0.1) is 0 Å². The zero-order chi connectivity index (χ0) is 13.1. The van der Waals surface area contributed by atoms with E-state index in [1.165, 1.54) is 50.8 Å².